The summed E-state index contributed by atoms with van der Waals surface area (Å²) in [4.78, 5) is 30.0. The number of aromatic nitrogens is 1. The number of aryl methyl sites for hydroxylation is 1. The fourth-order valence-electron chi connectivity index (χ4n) is 6.56. The number of carbonyl (C=O) groups is 2. The number of halogens is 2. The second kappa shape index (κ2) is 14.6. The zero-order chi connectivity index (χ0) is 33.9. The Kier molecular flexibility index (Phi) is 10.7. The zero-order valence-corrected chi connectivity index (χ0v) is 28.1. The molecule has 47 heavy (non-hydrogen) atoms. The van der Waals surface area contributed by atoms with Crippen LogP contribution in [-0.2, 0) is 20.8 Å². The third-order valence-corrected chi connectivity index (χ3v) is 8.79. The summed E-state index contributed by atoms with van der Waals surface area (Å²) in [6, 6.07) is 9.24. The van der Waals surface area contributed by atoms with Gasteiger partial charge in [0.1, 0.15) is 11.4 Å². The summed E-state index contributed by atoms with van der Waals surface area (Å²) in [5, 5.41) is 4.38. The third-order valence-electron chi connectivity index (χ3n) is 8.79. The molecule has 1 N–H and O–H groups in total. The Morgan fingerprint density at radius 2 is 1.83 bits per heavy atom. The number of nitrogens with one attached hydrogen (secondary N) is 1. The van der Waals surface area contributed by atoms with E-state index in [4.69, 9.17) is 18.9 Å². The molecule has 256 valence electrons. The summed E-state index contributed by atoms with van der Waals surface area (Å²) in [6.45, 7) is 10.1. The molecular weight excluding hydrogens is 610 g/mol. The van der Waals surface area contributed by atoms with Gasteiger partial charge in [-0.2, -0.15) is 0 Å². The number of nitrogens with zero attached hydrogens (tertiary/aromatic N) is 3. The van der Waals surface area contributed by atoms with Gasteiger partial charge in [0.05, 0.1) is 31.8 Å². The minimum absolute atomic E-state index is 0.124. The molecule has 3 heterocycles. The Labute approximate surface area is 274 Å². The standard InChI is InChI=1S/C35H46F2N4O6/c1-22-17-30(44-5)27(25-9-12-41(32(22)25)34(43)47-35(2,3)4)19-40-14-13-39(21-31(36)37)20-29(40)23-7-8-26(33(42)45-6)28(18-23)38-24-10-15-46-16-11-24/h7-9,12,17-18,24,29,31,38H,10-11,13-16,19-21H2,1-6H3/t29-/m0/s1. The molecule has 5 rings (SSSR count). The van der Waals surface area contributed by atoms with E-state index >= 15 is 0 Å². The number of ether oxygens (including phenoxy) is 4. The Morgan fingerprint density at radius 1 is 1.09 bits per heavy atom. The first-order valence-electron chi connectivity index (χ1n) is 16.1. The van der Waals surface area contributed by atoms with Crippen LogP contribution >= 0.6 is 0 Å². The van der Waals surface area contributed by atoms with E-state index in [0.717, 1.165) is 40.4 Å². The number of benzene rings is 2. The molecule has 0 bridgehead atoms. The Bertz CT molecular complexity index is 1580. The molecule has 0 radical (unpaired) electrons. The van der Waals surface area contributed by atoms with Gasteiger partial charge in [-0.1, -0.05) is 6.07 Å². The number of hydrogen-bond donors (Lipinski definition) is 1. The topological polar surface area (TPSA) is 94.5 Å². The van der Waals surface area contributed by atoms with Crippen molar-refractivity contribution in [2.75, 3.05) is 58.9 Å². The van der Waals surface area contributed by atoms with Crippen molar-refractivity contribution < 1.29 is 37.3 Å². The molecule has 2 fully saturated rings. The van der Waals surface area contributed by atoms with Crippen LogP contribution in [0.3, 0.4) is 0 Å². The SMILES string of the molecule is COC(=O)c1ccc([C@@H]2CN(CC(F)F)CCN2Cc2c(OC)cc(C)c3c2ccn3C(=O)OC(C)(C)C)cc1NC1CCOCC1. The molecule has 0 amide bonds. The average Bonchev–Trinajstić information content (AvgIpc) is 3.48. The van der Waals surface area contributed by atoms with Crippen molar-refractivity contribution in [3.63, 3.8) is 0 Å². The predicted molar refractivity (Wildman–Crippen MR) is 176 cm³/mol. The van der Waals surface area contributed by atoms with E-state index in [2.05, 4.69) is 10.2 Å². The maximum absolute atomic E-state index is 13.6. The van der Waals surface area contributed by atoms with Crippen molar-refractivity contribution in [3.05, 3.63) is 58.8 Å². The summed E-state index contributed by atoms with van der Waals surface area (Å²) in [5.41, 5.74) is 3.76. The number of alkyl halides is 2. The first kappa shape index (κ1) is 34.6. The van der Waals surface area contributed by atoms with Gasteiger partial charge in [-0.15, -0.1) is 0 Å². The summed E-state index contributed by atoms with van der Waals surface area (Å²) in [6.07, 6.45) is 0.384. The van der Waals surface area contributed by atoms with E-state index < -0.39 is 24.1 Å². The smallest absolute Gasteiger partial charge is 0.419 e. The molecule has 2 saturated heterocycles. The minimum Gasteiger partial charge on any atom is -0.496 e. The largest absolute Gasteiger partial charge is 0.496 e. The highest BCUT2D eigenvalue weighted by Gasteiger charge is 2.32. The molecule has 2 aliphatic rings. The number of methoxy groups -OCH3 is 2. The highest BCUT2D eigenvalue weighted by molar-refractivity contribution is 5.96. The van der Waals surface area contributed by atoms with E-state index in [1.165, 1.54) is 11.7 Å². The van der Waals surface area contributed by atoms with Crippen LogP contribution in [0.5, 0.6) is 5.75 Å². The monoisotopic (exact) mass is 656 g/mol. The number of hydrogen-bond acceptors (Lipinski definition) is 9. The van der Waals surface area contributed by atoms with Gasteiger partial charge in [0, 0.05) is 74.3 Å². The molecular formula is C35H46F2N4O6. The molecule has 2 aromatic carbocycles. The van der Waals surface area contributed by atoms with Crippen molar-refractivity contribution in [3.8, 4) is 5.75 Å². The molecule has 0 unspecified atom stereocenters. The average molecular weight is 657 g/mol. The van der Waals surface area contributed by atoms with Gasteiger partial charge in [-0.25, -0.2) is 18.4 Å². The fraction of sp³-hybridized carbons (Fsp3) is 0.543. The second-order valence-corrected chi connectivity index (χ2v) is 13.3. The van der Waals surface area contributed by atoms with Crippen molar-refractivity contribution >= 4 is 28.7 Å². The van der Waals surface area contributed by atoms with Crippen LogP contribution in [0.1, 0.15) is 66.7 Å². The maximum atomic E-state index is 13.6. The molecule has 12 heteroatoms. The van der Waals surface area contributed by atoms with Crippen LogP contribution in [0.2, 0.25) is 0 Å². The van der Waals surface area contributed by atoms with Crippen molar-refractivity contribution in [2.45, 2.75) is 71.2 Å². The van der Waals surface area contributed by atoms with Crippen LogP contribution < -0.4 is 10.1 Å². The van der Waals surface area contributed by atoms with Gasteiger partial charge in [-0.3, -0.25) is 14.4 Å². The molecule has 10 nitrogen and oxygen atoms in total. The molecule has 1 aromatic heterocycles. The van der Waals surface area contributed by atoms with Crippen molar-refractivity contribution in [1.29, 1.82) is 0 Å². The Hall–Kier alpha value is -3.74. The Morgan fingerprint density at radius 3 is 2.49 bits per heavy atom. The normalized spacial score (nSPS) is 18.4. The van der Waals surface area contributed by atoms with E-state index in [0.29, 0.717) is 56.4 Å². The van der Waals surface area contributed by atoms with Crippen LogP contribution in [0.4, 0.5) is 19.3 Å². The minimum atomic E-state index is -2.46. The van der Waals surface area contributed by atoms with Crippen LogP contribution in [-0.4, -0.2) is 98.1 Å². The van der Waals surface area contributed by atoms with E-state index in [1.807, 2.05) is 52.0 Å². The predicted octanol–water partition coefficient (Wildman–Crippen LogP) is 6.24. The third kappa shape index (κ3) is 8.05. The maximum Gasteiger partial charge on any atom is 0.419 e. The van der Waals surface area contributed by atoms with E-state index in [-0.39, 0.29) is 18.6 Å². The second-order valence-electron chi connectivity index (χ2n) is 13.3. The molecule has 3 aromatic rings. The number of piperazine rings is 1. The quantitative estimate of drug-likeness (QED) is 0.269. The number of anilines is 1. The number of rotatable bonds is 9. The number of carbonyl (C=O) groups excluding carboxylic acids is 2. The first-order chi connectivity index (χ1) is 22.4. The molecule has 0 saturated carbocycles. The van der Waals surface area contributed by atoms with Crippen LogP contribution in [0, 0.1) is 6.92 Å². The van der Waals surface area contributed by atoms with Gasteiger partial charge in [-0.05, 0) is 75.9 Å². The fourth-order valence-corrected chi connectivity index (χ4v) is 6.56. The summed E-state index contributed by atoms with van der Waals surface area (Å²) < 4.78 is 50.9. The Balaban J connectivity index is 1.54. The lowest BCUT2D eigenvalue weighted by atomic mass is 9.96. The van der Waals surface area contributed by atoms with Crippen LogP contribution in [0.15, 0.2) is 36.5 Å². The van der Waals surface area contributed by atoms with E-state index in [1.54, 1.807) is 24.3 Å². The lowest BCUT2D eigenvalue weighted by Gasteiger charge is -2.42. The molecule has 1 atom stereocenters. The zero-order valence-electron chi connectivity index (χ0n) is 28.1. The molecule has 0 spiro atoms. The lowest BCUT2D eigenvalue weighted by Crippen LogP contribution is -2.49. The lowest BCUT2D eigenvalue weighted by molar-refractivity contribution is 0.0245. The van der Waals surface area contributed by atoms with Crippen molar-refractivity contribution in [2.24, 2.45) is 0 Å². The van der Waals surface area contributed by atoms with Gasteiger partial charge in [0.15, 0.2) is 0 Å². The van der Waals surface area contributed by atoms with Gasteiger partial charge in [0.25, 0.3) is 6.43 Å². The summed E-state index contributed by atoms with van der Waals surface area (Å²) in [5.74, 6) is 0.223. The first-order valence-corrected chi connectivity index (χ1v) is 16.1. The van der Waals surface area contributed by atoms with Gasteiger partial charge < -0.3 is 24.3 Å². The summed E-state index contributed by atoms with van der Waals surface area (Å²) >= 11 is 0. The highest BCUT2D eigenvalue weighted by Crippen LogP contribution is 2.37. The number of esters is 1. The van der Waals surface area contributed by atoms with E-state index in [9.17, 15) is 18.4 Å². The summed E-state index contributed by atoms with van der Waals surface area (Å²) in [7, 11) is 2.97. The van der Waals surface area contributed by atoms with Gasteiger partial charge >= 0.3 is 12.1 Å². The molecule has 2 aliphatic heterocycles. The molecule has 0 aliphatic carbocycles. The van der Waals surface area contributed by atoms with Gasteiger partial charge in [0.2, 0.25) is 0 Å². The highest BCUT2D eigenvalue weighted by atomic mass is 19.3. The van der Waals surface area contributed by atoms with Crippen LogP contribution in [0.25, 0.3) is 10.9 Å². The van der Waals surface area contributed by atoms with Crippen molar-refractivity contribution in [1.82, 2.24) is 14.4 Å². The number of fused-ring (bicyclic) bond motifs is 1.